The SMILES string of the molecule is CN(C)C(=O)N(C)Cc1cccc(F)c1. The third-order valence-electron chi connectivity index (χ3n) is 2.02. The Morgan fingerprint density at radius 1 is 1.33 bits per heavy atom. The van der Waals surface area contributed by atoms with Gasteiger partial charge in [-0.2, -0.15) is 0 Å². The minimum Gasteiger partial charge on any atom is -0.331 e. The molecule has 0 radical (unpaired) electrons. The van der Waals surface area contributed by atoms with E-state index in [0.717, 1.165) is 5.56 Å². The summed E-state index contributed by atoms with van der Waals surface area (Å²) in [6.45, 7) is 0.411. The molecule has 0 bridgehead atoms. The highest BCUT2D eigenvalue weighted by atomic mass is 19.1. The van der Waals surface area contributed by atoms with E-state index in [1.54, 1.807) is 33.3 Å². The monoisotopic (exact) mass is 210 g/mol. The fourth-order valence-electron chi connectivity index (χ4n) is 1.32. The minimum absolute atomic E-state index is 0.0979. The molecule has 0 spiro atoms. The normalized spacial score (nSPS) is 9.87. The van der Waals surface area contributed by atoms with Gasteiger partial charge in [0, 0.05) is 27.7 Å². The summed E-state index contributed by atoms with van der Waals surface area (Å²) in [5, 5.41) is 0. The number of carbonyl (C=O) groups is 1. The minimum atomic E-state index is -0.279. The highest BCUT2D eigenvalue weighted by Crippen LogP contribution is 2.06. The van der Waals surface area contributed by atoms with E-state index in [9.17, 15) is 9.18 Å². The van der Waals surface area contributed by atoms with E-state index in [0.29, 0.717) is 6.54 Å². The molecule has 1 aromatic rings. The highest BCUT2D eigenvalue weighted by molar-refractivity contribution is 5.73. The molecule has 0 heterocycles. The Morgan fingerprint density at radius 3 is 2.53 bits per heavy atom. The molecule has 0 saturated heterocycles. The van der Waals surface area contributed by atoms with Crippen LogP contribution in [0.3, 0.4) is 0 Å². The molecule has 0 aliphatic heterocycles. The predicted octanol–water partition coefficient (Wildman–Crippen LogP) is 1.94. The maximum atomic E-state index is 12.9. The molecule has 0 aliphatic carbocycles. The van der Waals surface area contributed by atoms with Gasteiger partial charge in [0.2, 0.25) is 0 Å². The van der Waals surface area contributed by atoms with Crippen LogP contribution >= 0.6 is 0 Å². The first-order valence-corrected chi connectivity index (χ1v) is 4.67. The summed E-state index contributed by atoms with van der Waals surface area (Å²) in [4.78, 5) is 14.5. The van der Waals surface area contributed by atoms with Crippen molar-refractivity contribution in [1.29, 1.82) is 0 Å². The van der Waals surface area contributed by atoms with Gasteiger partial charge in [-0.1, -0.05) is 12.1 Å². The van der Waals surface area contributed by atoms with Crippen molar-refractivity contribution in [2.75, 3.05) is 21.1 Å². The molecule has 0 aliphatic rings. The first kappa shape index (κ1) is 11.5. The van der Waals surface area contributed by atoms with E-state index < -0.39 is 0 Å². The molecule has 0 fully saturated rings. The van der Waals surface area contributed by atoms with Crippen molar-refractivity contribution in [3.8, 4) is 0 Å². The number of nitrogens with zero attached hydrogens (tertiary/aromatic N) is 2. The van der Waals surface area contributed by atoms with Crippen molar-refractivity contribution < 1.29 is 9.18 Å². The molecular weight excluding hydrogens is 195 g/mol. The maximum absolute atomic E-state index is 12.9. The summed E-state index contributed by atoms with van der Waals surface area (Å²) in [5.74, 6) is -0.279. The lowest BCUT2D eigenvalue weighted by molar-refractivity contribution is 0.180. The van der Waals surface area contributed by atoms with Crippen molar-refractivity contribution in [2.24, 2.45) is 0 Å². The standard InChI is InChI=1S/C11H15FN2O/c1-13(2)11(15)14(3)8-9-5-4-6-10(12)7-9/h4-7H,8H2,1-3H3. The summed E-state index contributed by atoms with van der Waals surface area (Å²) in [5.41, 5.74) is 0.785. The number of hydrogen-bond acceptors (Lipinski definition) is 1. The number of hydrogen-bond donors (Lipinski definition) is 0. The van der Waals surface area contributed by atoms with E-state index in [1.807, 2.05) is 0 Å². The molecule has 0 atom stereocenters. The molecule has 0 unspecified atom stereocenters. The van der Waals surface area contributed by atoms with Crippen molar-refractivity contribution in [2.45, 2.75) is 6.54 Å². The first-order chi connectivity index (χ1) is 7.00. The number of halogens is 1. The lowest BCUT2D eigenvalue weighted by Gasteiger charge is -2.21. The van der Waals surface area contributed by atoms with Crippen LogP contribution in [-0.4, -0.2) is 37.0 Å². The van der Waals surface area contributed by atoms with Gasteiger partial charge >= 0.3 is 6.03 Å². The van der Waals surface area contributed by atoms with Crippen LogP contribution in [0.2, 0.25) is 0 Å². The fourth-order valence-corrected chi connectivity index (χ4v) is 1.32. The molecule has 1 rings (SSSR count). The summed E-state index contributed by atoms with van der Waals surface area (Å²) in [6, 6.07) is 6.15. The third kappa shape index (κ3) is 3.23. The van der Waals surface area contributed by atoms with Gasteiger partial charge in [0.15, 0.2) is 0 Å². The average Bonchev–Trinajstić information content (AvgIpc) is 2.16. The van der Waals surface area contributed by atoms with Crippen molar-refractivity contribution in [3.63, 3.8) is 0 Å². The van der Waals surface area contributed by atoms with E-state index >= 15 is 0 Å². The quantitative estimate of drug-likeness (QED) is 0.731. The number of urea groups is 1. The van der Waals surface area contributed by atoms with Gasteiger partial charge in [-0.05, 0) is 17.7 Å². The lowest BCUT2D eigenvalue weighted by Crippen LogP contribution is -2.35. The van der Waals surface area contributed by atoms with Crippen molar-refractivity contribution in [1.82, 2.24) is 9.80 Å². The second-order valence-corrected chi connectivity index (χ2v) is 3.66. The Bertz CT molecular complexity index is 352. The second-order valence-electron chi connectivity index (χ2n) is 3.66. The van der Waals surface area contributed by atoms with E-state index in [-0.39, 0.29) is 11.8 Å². The fraction of sp³-hybridized carbons (Fsp3) is 0.364. The maximum Gasteiger partial charge on any atom is 0.319 e. The van der Waals surface area contributed by atoms with Gasteiger partial charge in [0.1, 0.15) is 5.82 Å². The van der Waals surface area contributed by atoms with Gasteiger partial charge in [-0.15, -0.1) is 0 Å². The van der Waals surface area contributed by atoms with Crippen LogP contribution in [-0.2, 0) is 6.54 Å². The second kappa shape index (κ2) is 4.77. The molecule has 82 valence electrons. The van der Waals surface area contributed by atoms with Crippen LogP contribution in [0.15, 0.2) is 24.3 Å². The molecule has 0 saturated carbocycles. The van der Waals surface area contributed by atoms with Gasteiger partial charge in [0.05, 0.1) is 0 Å². The Morgan fingerprint density at radius 2 is 2.00 bits per heavy atom. The first-order valence-electron chi connectivity index (χ1n) is 4.67. The number of amides is 2. The van der Waals surface area contributed by atoms with E-state index in [4.69, 9.17) is 0 Å². The van der Waals surface area contributed by atoms with Crippen LogP contribution in [0, 0.1) is 5.82 Å². The third-order valence-corrected chi connectivity index (χ3v) is 2.02. The number of carbonyl (C=O) groups excluding carboxylic acids is 1. The van der Waals surface area contributed by atoms with Crippen LogP contribution < -0.4 is 0 Å². The zero-order chi connectivity index (χ0) is 11.4. The van der Waals surface area contributed by atoms with Crippen molar-refractivity contribution >= 4 is 6.03 Å². The van der Waals surface area contributed by atoms with E-state index in [1.165, 1.54) is 21.9 Å². The molecule has 2 amide bonds. The topological polar surface area (TPSA) is 23.6 Å². The average molecular weight is 210 g/mol. The summed E-state index contributed by atoms with van der Waals surface area (Å²) >= 11 is 0. The Hall–Kier alpha value is -1.58. The van der Waals surface area contributed by atoms with E-state index in [2.05, 4.69) is 0 Å². The Kier molecular flexibility index (Phi) is 3.66. The van der Waals surface area contributed by atoms with Crippen LogP contribution in [0.5, 0.6) is 0 Å². The zero-order valence-corrected chi connectivity index (χ0v) is 9.20. The molecule has 3 nitrogen and oxygen atoms in total. The summed E-state index contributed by atoms with van der Waals surface area (Å²) in [6.07, 6.45) is 0. The zero-order valence-electron chi connectivity index (χ0n) is 9.20. The predicted molar refractivity (Wildman–Crippen MR) is 57.0 cm³/mol. The smallest absolute Gasteiger partial charge is 0.319 e. The van der Waals surface area contributed by atoms with Crippen molar-refractivity contribution in [3.05, 3.63) is 35.6 Å². The molecule has 0 N–H and O–H groups in total. The van der Waals surface area contributed by atoms with Crippen LogP contribution in [0.4, 0.5) is 9.18 Å². The lowest BCUT2D eigenvalue weighted by atomic mass is 10.2. The Balaban J connectivity index is 2.66. The summed E-state index contributed by atoms with van der Waals surface area (Å²) < 4.78 is 12.9. The number of rotatable bonds is 2. The number of benzene rings is 1. The molecule has 4 heteroatoms. The summed E-state index contributed by atoms with van der Waals surface area (Å²) in [7, 11) is 5.06. The van der Waals surface area contributed by atoms with Gasteiger partial charge in [-0.3, -0.25) is 0 Å². The molecule has 0 aromatic heterocycles. The largest absolute Gasteiger partial charge is 0.331 e. The van der Waals surface area contributed by atoms with Crippen LogP contribution in [0.1, 0.15) is 5.56 Å². The molecular formula is C11H15FN2O. The molecule has 1 aromatic carbocycles. The van der Waals surface area contributed by atoms with Crippen LogP contribution in [0.25, 0.3) is 0 Å². The Labute approximate surface area is 89.1 Å². The van der Waals surface area contributed by atoms with Gasteiger partial charge in [-0.25, -0.2) is 9.18 Å². The highest BCUT2D eigenvalue weighted by Gasteiger charge is 2.10. The molecule has 15 heavy (non-hydrogen) atoms. The van der Waals surface area contributed by atoms with Gasteiger partial charge < -0.3 is 9.80 Å². The van der Waals surface area contributed by atoms with Gasteiger partial charge in [0.25, 0.3) is 0 Å².